The van der Waals surface area contributed by atoms with E-state index in [0.717, 1.165) is 11.1 Å². The second kappa shape index (κ2) is 4.73. The number of hydrogen-bond acceptors (Lipinski definition) is 0. The molecule has 0 aliphatic rings. The summed E-state index contributed by atoms with van der Waals surface area (Å²) in [4.78, 5) is 3.08. The summed E-state index contributed by atoms with van der Waals surface area (Å²) in [7, 11) is 0. The molecular formula is C17H12N+. The zero-order chi connectivity index (χ0) is 12.2. The highest BCUT2D eigenvalue weighted by atomic mass is 14.6. The molecule has 1 nitrogen and oxygen atoms in total. The van der Waals surface area contributed by atoms with Crippen molar-refractivity contribution < 1.29 is 4.98 Å². The quantitative estimate of drug-likeness (QED) is 0.527. The molecule has 0 amide bonds. The minimum Gasteiger partial charge on any atom is -0.217 e. The molecule has 0 saturated carbocycles. The van der Waals surface area contributed by atoms with Gasteiger partial charge in [0.1, 0.15) is 0 Å². The predicted octanol–water partition coefficient (Wildman–Crippen LogP) is 3.05. The van der Waals surface area contributed by atoms with Gasteiger partial charge in [0.25, 0.3) is 0 Å². The maximum absolute atomic E-state index is 3.19. The van der Waals surface area contributed by atoms with Gasteiger partial charge in [-0.3, -0.25) is 0 Å². The fourth-order valence-corrected chi connectivity index (χ4v) is 1.87. The van der Waals surface area contributed by atoms with Crippen molar-refractivity contribution in [3.8, 4) is 11.8 Å². The summed E-state index contributed by atoms with van der Waals surface area (Å²) < 4.78 is 0. The highest BCUT2D eigenvalue weighted by Crippen LogP contribution is 2.12. The molecule has 0 unspecified atom stereocenters. The van der Waals surface area contributed by atoms with Crippen LogP contribution in [0.5, 0.6) is 0 Å². The number of aromatic nitrogens is 1. The third kappa shape index (κ3) is 2.23. The van der Waals surface area contributed by atoms with Crippen LogP contribution in [0.4, 0.5) is 0 Å². The lowest BCUT2D eigenvalue weighted by atomic mass is 10.1. The van der Waals surface area contributed by atoms with Crippen molar-refractivity contribution in [3.63, 3.8) is 0 Å². The van der Waals surface area contributed by atoms with Crippen LogP contribution >= 0.6 is 0 Å². The minimum atomic E-state index is 1.04. The Morgan fingerprint density at radius 2 is 1.56 bits per heavy atom. The van der Waals surface area contributed by atoms with E-state index in [-0.39, 0.29) is 0 Å². The summed E-state index contributed by atoms with van der Waals surface area (Å²) in [5.74, 6) is 6.36. The molecule has 3 rings (SSSR count). The van der Waals surface area contributed by atoms with Crippen LogP contribution in [0.25, 0.3) is 10.8 Å². The van der Waals surface area contributed by atoms with Crippen molar-refractivity contribution in [1.29, 1.82) is 0 Å². The van der Waals surface area contributed by atoms with E-state index in [1.54, 1.807) is 0 Å². The molecule has 84 valence electrons. The monoisotopic (exact) mass is 230 g/mol. The van der Waals surface area contributed by atoms with E-state index in [4.69, 9.17) is 0 Å². The van der Waals surface area contributed by atoms with Gasteiger partial charge >= 0.3 is 0 Å². The van der Waals surface area contributed by atoms with Crippen LogP contribution in [0.1, 0.15) is 11.1 Å². The number of H-pyrrole nitrogens is 1. The number of aromatic amines is 1. The van der Waals surface area contributed by atoms with Gasteiger partial charge in [0.2, 0.25) is 0 Å². The van der Waals surface area contributed by atoms with E-state index in [1.165, 1.54) is 10.8 Å². The van der Waals surface area contributed by atoms with E-state index in [1.807, 2.05) is 48.8 Å². The molecule has 0 bridgehead atoms. The molecule has 1 aromatic heterocycles. The lowest BCUT2D eigenvalue weighted by Crippen LogP contribution is -1.97. The average Bonchev–Trinajstić information content (AvgIpc) is 2.46. The zero-order valence-corrected chi connectivity index (χ0v) is 9.85. The summed E-state index contributed by atoms with van der Waals surface area (Å²) in [5, 5.41) is 2.40. The minimum absolute atomic E-state index is 1.04. The standard InChI is InChI=1S/C17H11N/c1-2-4-14(5-3-1)6-7-15-8-9-17-13-18-11-10-16(17)12-15/h1-5,8-13H/p+1. The highest BCUT2D eigenvalue weighted by Gasteiger charge is 1.96. The number of nitrogens with one attached hydrogen (secondary N) is 1. The Morgan fingerprint density at radius 3 is 2.44 bits per heavy atom. The normalized spacial score (nSPS) is 9.78. The van der Waals surface area contributed by atoms with Crippen LogP contribution in [-0.2, 0) is 0 Å². The molecule has 1 heterocycles. The van der Waals surface area contributed by atoms with Gasteiger partial charge in [0.15, 0.2) is 12.4 Å². The third-order valence-electron chi connectivity index (χ3n) is 2.81. The van der Waals surface area contributed by atoms with E-state index in [9.17, 15) is 0 Å². The van der Waals surface area contributed by atoms with Gasteiger partial charge in [0.05, 0.1) is 0 Å². The fourth-order valence-electron chi connectivity index (χ4n) is 1.87. The molecule has 2 aromatic carbocycles. The van der Waals surface area contributed by atoms with Gasteiger partial charge in [-0.1, -0.05) is 30.0 Å². The van der Waals surface area contributed by atoms with Crippen molar-refractivity contribution >= 4 is 10.8 Å². The first-order valence-electron chi connectivity index (χ1n) is 5.89. The van der Waals surface area contributed by atoms with Gasteiger partial charge < -0.3 is 0 Å². The molecule has 18 heavy (non-hydrogen) atoms. The van der Waals surface area contributed by atoms with Gasteiger partial charge in [-0.15, -0.1) is 0 Å². The molecule has 0 spiro atoms. The summed E-state index contributed by atoms with van der Waals surface area (Å²) in [6.07, 6.45) is 3.92. The Balaban J connectivity index is 1.99. The topological polar surface area (TPSA) is 14.1 Å². The Morgan fingerprint density at radius 1 is 0.722 bits per heavy atom. The largest absolute Gasteiger partial charge is 0.217 e. The number of fused-ring (bicyclic) bond motifs is 1. The lowest BCUT2D eigenvalue weighted by molar-refractivity contribution is -0.375. The summed E-state index contributed by atoms with van der Waals surface area (Å²) >= 11 is 0. The van der Waals surface area contributed by atoms with Crippen LogP contribution in [0.15, 0.2) is 67.0 Å². The summed E-state index contributed by atoms with van der Waals surface area (Å²) in [6.45, 7) is 0. The third-order valence-corrected chi connectivity index (χ3v) is 2.81. The lowest BCUT2D eigenvalue weighted by Gasteiger charge is -1.94. The number of rotatable bonds is 0. The number of pyridine rings is 1. The molecule has 0 aliphatic heterocycles. The summed E-state index contributed by atoms with van der Waals surface area (Å²) in [6, 6.07) is 18.3. The molecule has 1 N–H and O–H groups in total. The molecular weight excluding hydrogens is 218 g/mol. The molecule has 3 aromatic rings. The van der Waals surface area contributed by atoms with Crippen LogP contribution in [-0.4, -0.2) is 0 Å². The van der Waals surface area contributed by atoms with Gasteiger partial charge in [-0.05, 0) is 35.7 Å². The van der Waals surface area contributed by atoms with Crippen molar-refractivity contribution in [2.75, 3.05) is 0 Å². The number of hydrogen-bond donors (Lipinski definition) is 0. The van der Waals surface area contributed by atoms with Crippen molar-refractivity contribution in [1.82, 2.24) is 0 Å². The molecule has 0 saturated heterocycles. The van der Waals surface area contributed by atoms with E-state index >= 15 is 0 Å². The molecule has 0 radical (unpaired) electrons. The fraction of sp³-hybridized carbons (Fsp3) is 0. The van der Waals surface area contributed by atoms with Gasteiger partial charge in [0, 0.05) is 22.6 Å². The van der Waals surface area contributed by atoms with Crippen LogP contribution < -0.4 is 4.98 Å². The molecule has 0 atom stereocenters. The Labute approximate surface area is 106 Å². The first-order valence-corrected chi connectivity index (χ1v) is 5.89. The Bertz CT molecular complexity index is 733. The smallest absolute Gasteiger partial charge is 0.174 e. The van der Waals surface area contributed by atoms with Crippen LogP contribution in [0.2, 0.25) is 0 Å². The molecule has 0 aliphatic carbocycles. The predicted molar refractivity (Wildman–Crippen MR) is 72.9 cm³/mol. The molecule has 0 fully saturated rings. The second-order valence-electron chi connectivity index (χ2n) is 4.10. The maximum atomic E-state index is 3.19. The van der Waals surface area contributed by atoms with Crippen molar-refractivity contribution in [2.45, 2.75) is 0 Å². The molecule has 1 heteroatoms. The highest BCUT2D eigenvalue weighted by molar-refractivity contribution is 5.82. The first kappa shape index (κ1) is 10.6. The second-order valence-corrected chi connectivity index (χ2v) is 4.10. The van der Waals surface area contributed by atoms with Crippen LogP contribution in [0, 0.1) is 11.8 Å². The Hall–Kier alpha value is -2.59. The number of benzene rings is 2. The van der Waals surface area contributed by atoms with E-state index < -0.39 is 0 Å². The SMILES string of the molecule is C(#Cc1ccc2c[nH+]ccc2c1)c1ccccc1. The average molecular weight is 230 g/mol. The van der Waals surface area contributed by atoms with Crippen molar-refractivity contribution in [2.24, 2.45) is 0 Å². The van der Waals surface area contributed by atoms with Crippen LogP contribution in [0.3, 0.4) is 0 Å². The van der Waals surface area contributed by atoms with Gasteiger partial charge in [-0.25, -0.2) is 4.98 Å². The van der Waals surface area contributed by atoms with Crippen molar-refractivity contribution in [3.05, 3.63) is 78.1 Å². The summed E-state index contributed by atoms with van der Waals surface area (Å²) in [5.41, 5.74) is 2.08. The van der Waals surface area contributed by atoms with Gasteiger partial charge in [-0.2, -0.15) is 0 Å². The maximum Gasteiger partial charge on any atom is 0.174 e. The zero-order valence-electron chi connectivity index (χ0n) is 9.85. The van der Waals surface area contributed by atoms with E-state index in [0.29, 0.717) is 0 Å². The Kier molecular flexibility index (Phi) is 2.77. The first-order chi connectivity index (χ1) is 8.92. The van der Waals surface area contributed by atoms with E-state index in [2.05, 4.69) is 35.0 Å².